The highest BCUT2D eigenvalue weighted by atomic mass is 35.5. The van der Waals surface area contributed by atoms with Gasteiger partial charge in [-0.3, -0.25) is 9.78 Å². The summed E-state index contributed by atoms with van der Waals surface area (Å²) in [6.07, 6.45) is -3.14. The summed E-state index contributed by atoms with van der Waals surface area (Å²) in [6, 6.07) is 2.64. The summed E-state index contributed by atoms with van der Waals surface area (Å²) in [7, 11) is 0. The number of halogens is 4. The number of amides is 1. The number of carbonyl (C=O) groups excluding carboxylic acids is 1. The van der Waals surface area contributed by atoms with Crippen LogP contribution in [0.25, 0.3) is 0 Å². The van der Waals surface area contributed by atoms with Crippen LogP contribution < -0.4 is 4.90 Å². The first-order valence-corrected chi connectivity index (χ1v) is 4.34. The van der Waals surface area contributed by atoms with Crippen molar-refractivity contribution < 1.29 is 18.0 Å². The monoisotopic (exact) mass is 252 g/mol. The SMILES string of the molecule is Cl.O=C1CCc2ncccc2N1C(F)(F)F. The molecule has 1 amide bonds. The van der Waals surface area contributed by atoms with Crippen molar-refractivity contribution in [1.82, 2.24) is 4.98 Å². The van der Waals surface area contributed by atoms with Gasteiger partial charge < -0.3 is 0 Å². The highest BCUT2D eigenvalue weighted by Gasteiger charge is 2.44. The van der Waals surface area contributed by atoms with Crippen LogP contribution in [0.2, 0.25) is 0 Å². The molecule has 16 heavy (non-hydrogen) atoms. The molecular formula is C9H8ClF3N2O. The number of aromatic nitrogens is 1. The molecule has 0 N–H and O–H groups in total. The van der Waals surface area contributed by atoms with Gasteiger partial charge in [-0.05, 0) is 12.1 Å². The Morgan fingerprint density at radius 1 is 1.31 bits per heavy atom. The zero-order chi connectivity index (χ0) is 11.1. The van der Waals surface area contributed by atoms with Gasteiger partial charge in [-0.2, -0.15) is 0 Å². The van der Waals surface area contributed by atoms with Crippen molar-refractivity contribution in [2.24, 2.45) is 0 Å². The summed E-state index contributed by atoms with van der Waals surface area (Å²) in [4.78, 5) is 14.9. The average molecular weight is 253 g/mol. The lowest BCUT2D eigenvalue weighted by Crippen LogP contribution is -2.45. The number of pyridine rings is 1. The van der Waals surface area contributed by atoms with Crippen LogP contribution in [0, 0.1) is 0 Å². The summed E-state index contributed by atoms with van der Waals surface area (Å²) in [5.74, 6) is -0.928. The van der Waals surface area contributed by atoms with Crippen LogP contribution >= 0.6 is 12.4 Å². The van der Waals surface area contributed by atoms with E-state index in [1.54, 1.807) is 0 Å². The zero-order valence-electron chi connectivity index (χ0n) is 7.99. The van der Waals surface area contributed by atoms with Crippen LogP contribution in [0.15, 0.2) is 18.3 Å². The van der Waals surface area contributed by atoms with Gasteiger partial charge in [0.25, 0.3) is 0 Å². The van der Waals surface area contributed by atoms with Crippen LogP contribution in [0.4, 0.5) is 18.9 Å². The average Bonchev–Trinajstić information content (AvgIpc) is 2.15. The molecule has 1 aromatic heterocycles. The van der Waals surface area contributed by atoms with Crippen LogP contribution in [0.3, 0.4) is 0 Å². The standard InChI is InChI=1S/C9H7F3N2O.ClH/c10-9(11,12)14-7-2-1-5-13-6(7)3-4-8(14)15;/h1-2,5H,3-4H2;1H. The number of hydrogen-bond donors (Lipinski definition) is 0. The van der Waals surface area contributed by atoms with Gasteiger partial charge in [-0.15, -0.1) is 25.6 Å². The van der Waals surface area contributed by atoms with E-state index in [1.807, 2.05) is 0 Å². The van der Waals surface area contributed by atoms with Crippen LogP contribution in [0.1, 0.15) is 12.1 Å². The predicted octanol–water partition coefficient (Wildman–Crippen LogP) is 2.30. The molecule has 3 nitrogen and oxygen atoms in total. The number of aryl methyl sites for hydroxylation is 1. The van der Waals surface area contributed by atoms with E-state index in [9.17, 15) is 18.0 Å². The van der Waals surface area contributed by atoms with Crippen molar-refractivity contribution >= 4 is 24.0 Å². The highest BCUT2D eigenvalue weighted by molar-refractivity contribution is 5.96. The maximum Gasteiger partial charge on any atom is 0.491 e. The normalized spacial score (nSPS) is 15.4. The molecule has 0 atom stereocenters. The number of nitrogens with zero attached hydrogens (tertiary/aromatic N) is 2. The second-order valence-corrected chi connectivity index (χ2v) is 3.17. The van der Waals surface area contributed by atoms with Gasteiger partial charge in [0, 0.05) is 19.0 Å². The summed E-state index contributed by atoms with van der Waals surface area (Å²) < 4.78 is 37.6. The molecule has 0 aromatic carbocycles. The molecule has 0 saturated carbocycles. The summed E-state index contributed by atoms with van der Waals surface area (Å²) in [5, 5.41) is 0. The van der Waals surface area contributed by atoms with Gasteiger partial charge in [-0.1, -0.05) is 0 Å². The number of rotatable bonds is 0. The molecule has 88 valence electrons. The third-order valence-corrected chi connectivity index (χ3v) is 2.19. The highest BCUT2D eigenvalue weighted by Crippen LogP contribution is 2.34. The third kappa shape index (κ3) is 2.11. The Bertz CT molecular complexity index is 408. The van der Waals surface area contributed by atoms with Crippen molar-refractivity contribution in [2.75, 3.05) is 4.90 Å². The number of alkyl halides is 3. The van der Waals surface area contributed by atoms with E-state index in [0.29, 0.717) is 5.69 Å². The Hall–Kier alpha value is -1.30. The van der Waals surface area contributed by atoms with Crippen LogP contribution in [-0.4, -0.2) is 17.2 Å². The Morgan fingerprint density at radius 2 is 2.00 bits per heavy atom. The maximum atomic E-state index is 12.5. The predicted molar refractivity (Wildman–Crippen MR) is 53.3 cm³/mol. The fourth-order valence-electron chi connectivity index (χ4n) is 1.58. The first-order chi connectivity index (χ1) is 7.00. The van der Waals surface area contributed by atoms with E-state index < -0.39 is 12.2 Å². The summed E-state index contributed by atoms with van der Waals surface area (Å²) in [5.41, 5.74) is 0.163. The largest absolute Gasteiger partial charge is 0.491 e. The van der Waals surface area contributed by atoms with Crippen molar-refractivity contribution in [3.63, 3.8) is 0 Å². The maximum absolute atomic E-state index is 12.5. The van der Waals surface area contributed by atoms with Crippen molar-refractivity contribution in [3.8, 4) is 0 Å². The van der Waals surface area contributed by atoms with Gasteiger partial charge >= 0.3 is 6.30 Å². The Balaban J connectivity index is 0.00000128. The zero-order valence-corrected chi connectivity index (χ0v) is 8.81. The second-order valence-electron chi connectivity index (χ2n) is 3.17. The lowest BCUT2D eigenvalue weighted by atomic mass is 10.1. The molecule has 0 unspecified atom stereocenters. The van der Waals surface area contributed by atoms with E-state index in [-0.39, 0.29) is 35.8 Å². The molecule has 0 bridgehead atoms. The smallest absolute Gasteiger partial charge is 0.274 e. The lowest BCUT2D eigenvalue weighted by Gasteiger charge is -2.29. The molecular weight excluding hydrogens is 245 g/mol. The number of carbonyl (C=O) groups is 1. The van der Waals surface area contributed by atoms with E-state index in [4.69, 9.17) is 0 Å². The number of anilines is 1. The Labute approximate surface area is 95.7 Å². The molecule has 0 spiro atoms. The minimum absolute atomic E-state index is 0. The quantitative estimate of drug-likeness (QED) is 0.664. The first-order valence-electron chi connectivity index (χ1n) is 4.34. The second kappa shape index (κ2) is 4.29. The van der Waals surface area contributed by atoms with Gasteiger partial charge in [-0.25, -0.2) is 4.90 Å². The van der Waals surface area contributed by atoms with Crippen LogP contribution in [0.5, 0.6) is 0 Å². The fraction of sp³-hybridized carbons (Fsp3) is 0.333. The van der Waals surface area contributed by atoms with Crippen molar-refractivity contribution in [3.05, 3.63) is 24.0 Å². The van der Waals surface area contributed by atoms with Gasteiger partial charge in [0.2, 0.25) is 5.91 Å². The summed E-state index contributed by atoms with van der Waals surface area (Å²) >= 11 is 0. The number of hydrogen-bond acceptors (Lipinski definition) is 2. The lowest BCUT2D eigenvalue weighted by molar-refractivity contribution is -0.150. The van der Waals surface area contributed by atoms with Gasteiger partial charge in [0.05, 0.1) is 11.4 Å². The Morgan fingerprint density at radius 3 is 2.62 bits per heavy atom. The van der Waals surface area contributed by atoms with Gasteiger partial charge in [0.1, 0.15) is 0 Å². The molecule has 0 radical (unpaired) electrons. The molecule has 2 rings (SSSR count). The molecule has 0 aliphatic carbocycles. The van der Waals surface area contributed by atoms with Gasteiger partial charge in [0.15, 0.2) is 0 Å². The minimum atomic E-state index is -4.67. The van der Waals surface area contributed by atoms with Crippen molar-refractivity contribution in [2.45, 2.75) is 19.1 Å². The van der Waals surface area contributed by atoms with E-state index >= 15 is 0 Å². The summed E-state index contributed by atoms with van der Waals surface area (Å²) in [6.45, 7) is 0. The minimum Gasteiger partial charge on any atom is -0.274 e. The number of fused-ring (bicyclic) bond motifs is 1. The van der Waals surface area contributed by atoms with E-state index in [2.05, 4.69) is 4.98 Å². The fourth-order valence-corrected chi connectivity index (χ4v) is 1.58. The molecule has 1 aliphatic heterocycles. The Kier molecular flexibility index (Phi) is 3.42. The topological polar surface area (TPSA) is 33.2 Å². The molecule has 0 saturated heterocycles. The van der Waals surface area contributed by atoms with E-state index in [0.717, 1.165) is 0 Å². The molecule has 7 heteroatoms. The van der Waals surface area contributed by atoms with E-state index in [1.165, 1.54) is 18.3 Å². The molecule has 0 fully saturated rings. The third-order valence-electron chi connectivity index (χ3n) is 2.19. The van der Waals surface area contributed by atoms with Crippen molar-refractivity contribution in [1.29, 1.82) is 0 Å². The molecule has 2 heterocycles. The molecule has 1 aliphatic rings. The van der Waals surface area contributed by atoms with Crippen LogP contribution in [-0.2, 0) is 11.2 Å². The first kappa shape index (κ1) is 12.8. The molecule has 1 aromatic rings.